The Labute approximate surface area is 176 Å². The molecule has 2 nitrogen and oxygen atoms in total. The van der Waals surface area contributed by atoms with E-state index < -0.39 is 5.97 Å². The summed E-state index contributed by atoms with van der Waals surface area (Å²) in [6.07, 6.45) is 24.8. The molecule has 0 spiro atoms. The summed E-state index contributed by atoms with van der Waals surface area (Å²) in [4.78, 5) is 11.1. The Balaban J connectivity index is 4.26. The van der Waals surface area contributed by atoms with Gasteiger partial charge in [-0.1, -0.05) is 104 Å². The van der Waals surface area contributed by atoms with Crippen LogP contribution < -0.4 is 0 Å². The first-order chi connectivity index (χ1) is 13.5. The Morgan fingerprint density at radius 2 is 1.14 bits per heavy atom. The molecule has 0 saturated heterocycles. The average Bonchev–Trinajstić information content (AvgIpc) is 2.69. The van der Waals surface area contributed by atoms with Gasteiger partial charge < -0.3 is 5.11 Å². The van der Waals surface area contributed by atoms with Gasteiger partial charge in [0, 0.05) is 5.57 Å². The highest BCUT2D eigenvalue weighted by atomic mass is 16.4. The summed E-state index contributed by atoms with van der Waals surface area (Å²) in [6.45, 7) is 9.03. The lowest BCUT2D eigenvalue weighted by molar-refractivity contribution is -0.132. The quantitative estimate of drug-likeness (QED) is 0.165. The van der Waals surface area contributed by atoms with Gasteiger partial charge in [-0.05, 0) is 50.4 Å². The molecule has 0 aromatic heterocycles. The monoisotopic (exact) mass is 394 g/mol. The maximum absolute atomic E-state index is 11.1. The number of aliphatic carboxylic acids is 1. The maximum Gasteiger partial charge on any atom is 0.331 e. The van der Waals surface area contributed by atoms with E-state index in [-0.39, 0.29) is 0 Å². The summed E-state index contributed by atoms with van der Waals surface area (Å²) in [5.74, 6) is -0.732. The molecule has 0 radical (unpaired) electrons. The Morgan fingerprint density at radius 3 is 1.61 bits per heavy atom. The molecule has 1 N–H and O–H groups in total. The van der Waals surface area contributed by atoms with E-state index in [0.29, 0.717) is 17.4 Å². The molecule has 166 valence electrons. The first kappa shape index (κ1) is 27.2. The second-order valence-electron chi connectivity index (χ2n) is 8.90. The SMILES string of the molecule is CCCCC(CCCC)(CCCC)CCCCCCCC=C(CCC)C(=O)O. The number of hydrogen-bond donors (Lipinski definition) is 1. The second-order valence-corrected chi connectivity index (χ2v) is 8.90. The molecule has 0 aliphatic heterocycles. The second kappa shape index (κ2) is 18.3. The van der Waals surface area contributed by atoms with Crippen LogP contribution >= 0.6 is 0 Å². The third-order valence-corrected chi connectivity index (χ3v) is 6.28. The van der Waals surface area contributed by atoms with E-state index in [0.717, 1.165) is 19.3 Å². The van der Waals surface area contributed by atoms with Gasteiger partial charge in [-0.2, -0.15) is 0 Å². The minimum atomic E-state index is -0.732. The first-order valence-electron chi connectivity index (χ1n) is 12.5. The lowest BCUT2D eigenvalue weighted by Crippen LogP contribution is -2.21. The summed E-state index contributed by atoms with van der Waals surface area (Å²) in [5.41, 5.74) is 1.22. The highest BCUT2D eigenvalue weighted by molar-refractivity contribution is 5.86. The van der Waals surface area contributed by atoms with Crippen LogP contribution in [0.2, 0.25) is 0 Å². The number of rotatable bonds is 20. The molecule has 0 atom stereocenters. The summed E-state index contributed by atoms with van der Waals surface area (Å²) in [7, 11) is 0. The Kier molecular flexibility index (Phi) is 17.7. The standard InChI is InChI=1S/C26H50O2/c1-5-9-20-26(21-10-6-2,22-11-7-3)23-17-15-13-12-14-16-19-24(18-8-4)25(27)28/h19H,5-18,20-23H2,1-4H3,(H,27,28). The lowest BCUT2D eigenvalue weighted by Gasteiger charge is -2.35. The van der Waals surface area contributed by atoms with E-state index in [1.54, 1.807) is 0 Å². The first-order valence-corrected chi connectivity index (χ1v) is 12.5. The van der Waals surface area contributed by atoms with Crippen molar-refractivity contribution < 1.29 is 9.90 Å². The number of unbranched alkanes of at least 4 members (excludes halogenated alkanes) is 8. The highest BCUT2D eigenvalue weighted by Crippen LogP contribution is 2.41. The van der Waals surface area contributed by atoms with E-state index in [1.165, 1.54) is 89.9 Å². The van der Waals surface area contributed by atoms with Gasteiger partial charge in [0.25, 0.3) is 0 Å². The third-order valence-electron chi connectivity index (χ3n) is 6.28. The molecule has 0 aliphatic carbocycles. The van der Waals surface area contributed by atoms with Crippen molar-refractivity contribution in [1.82, 2.24) is 0 Å². The van der Waals surface area contributed by atoms with Gasteiger partial charge in [-0.3, -0.25) is 0 Å². The maximum atomic E-state index is 11.1. The summed E-state index contributed by atoms with van der Waals surface area (Å²) in [5, 5.41) is 9.17. The molecule has 0 bridgehead atoms. The van der Waals surface area contributed by atoms with Crippen LogP contribution in [0, 0.1) is 5.41 Å². The van der Waals surface area contributed by atoms with Crippen LogP contribution in [0.15, 0.2) is 11.6 Å². The minimum absolute atomic E-state index is 0.607. The molecule has 0 aliphatic rings. The van der Waals surface area contributed by atoms with Crippen LogP contribution in [0.5, 0.6) is 0 Å². The van der Waals surface area contributed by atoms with Crippen LogP contribution in [0.4, 0.5) is 0 Å². The molecule has 0 heterocycles. The molecule has 0 unspecified atom stereocenters. The molecule has 0 amide bonds. The highest BCUT2D eigenvalue weighted by Gasteiger charge is 2.27. The Bertz CT molecular complexity index is 375. The zero-order valence-electron chi connectivity index (χ0n) is 19.7. The van der Waals surface area contributed by atoms with Crippen LogP contribution in [0.3, 0.4) is 0 Å². The van der Waals surface area contributed by atoms with Crippen LogP contribution in [-0.2, 0) is 4.79 Å². The molecular weight excluding hydrogens is 344 g/mol. The van der Waals surface area contributed by atoms with Gasteiger partial charge in [0.1, 0.15) is 0 Å². The van der Waals surface area contributed by atoms with E-state index in [2.05, 4.69) is 20.8 Å². The lowest BCUT2D eigenvalue weighted by atomic mass is 9.71. The number of hydrogen-bond acceptors (Lipinski definition) is 1. The van der Waals surface area contributed by atoms with Crippen molar-refractivity contribution in [3.05, 3.63) is 11.6 Å². The summed E-state index contributed by atoms with van der Waals surface area (Å²) >= 11 is 0. The number of carbonyl (C=O) groups is 1. The van der Waals surface area contributed by atoms with Crippen molar-refractivity contribution in [3.8, 4) is 0 Å². The van der Waals surface area contributed by atoms with Crippen molar-refractivity contribution in [3.63, 3.8) is 0 Å². The molecule has 0 fully saturated rings. The number of carboxylic acid groups (broad SMARTS) is 1. The van der Waals surface area contributed by atoms with Gasteiger partial charge in [0.2, 0.25) is 0 Å². The Morgan fingerprint density at radius 1 is 0.679 bits per heavy atom. The van der Waals surface area contributed by atoms with E-state index in [1.807, 2.05) is 13.0 Å². The molecule has 0 saturated carbocycles. The van der Waals surface area contributed by atoms with Crippen molar-refractivity contribution in [1.29, 1.82) is 0 Å². The van der Waals surface area contributed by atoms with Gasteiger partial charge in [-0.25, -0.2) is 4.79 Å². The van der Waals surface area contributed by atoms with E-state index in [4.69, 9.17) is 5.11 Å². The third kappa shape index (κ3) is 13.4. The fraction of sp³-hybridized carbons (Fsp3) is 0.885. The van der Waals surface area contributed by atoms with Gasteiger partial charge >= 0.3 is 5.97 Å². The smallest absolute Gasteiger partial charge is 0.331 e. The topological polar surface area (TPSA) is 37.3 Å². The molecule has 0 rings (SSSR count). The Hall–Kier alpha value is -0.790. The molecular formula is C26H50O2. The minimum Gasteiger partial charge on any atom is -0.478 e. The van der Waals surface area contributed by atoms with Gasteiger partial charge in [-0.15, -0.1) is 0 Å². The van der Waals surface area contributed by atoms with Crippen molar-refractivity contribution in [2.45, 2.75) is 143 Å². The zero-order chi connectivity index (χ0) is 21.1. The number of carboxylic acids is 1. The van der Waals surface area contributed by atoms with Gasteiger partial charge in [0.15, 0.2) is 0 Å². The average molecular weight is 395 g/mol. The summed E-state index contributed by atoms with van der Waals surface area (Å²) < 4.78 is 0. The predicted octanol–water partition coefficient (Wildman–Crippen LogP) is 9.09. The van der Waals surface area contributed by atoms with Crippen molar-refractivity contribution in [2.24, 2.45) is 5.41 Å². The van der Waals surface area contributed by atoms with Gasteiger partial charge in [0.05, 0.1) is 0 Å². The predicted molar refractivity (Wildman–Crippen MR) is 124 cm³/mol. The van der Waals surface area contributed by atoms with E-state index in [9.17, 15) is 4.79 Å². The fourth-order valence-corrected chi connectivity index (χ4v) is 4.42. The molecule has 0 aromatic carbocycles. The van der Waals surface area contributed by atoms with Crippen LogP contribution in [-0.4, -0.2) is 11.1 Å². The van der Waals surface area contributed by atoms with Crippen LogP contribution in [0.25, 0.3) is 0 Å². The number of allylic oxidation sites excluding steroid dienone is 1. The fourth-order valence-electron chi connectivity index (χ4n) is 4.42. The van der Waals surface area contributed by atoms with Crippen LogP contribution in [0.1, 0.15) is 143 Å². The van der Waals surface area contributed by atoms with E-state index >= 15 is 0 Å². The molecule has 28 heavy (non-hydrogen) atoms. The van der Waals surface area contributed by atoms with Crippen molar-refractivity contribution in [2.75, 3.05) is 0 Å². The van der Waals surface area contributed by atoms with Crippen molar-refractivity contribution >= 4 is 5.97 Å². The summed E-state index contributed by atoms with van der Waals surface area (Å²) in [6, 6.07) is 0. The zero-order valence-corrected chi connectivity index (χ0v) is 19.7. The normalized spacial score (nSPS) is 12.5. The molecule has 2 heteroatoms. The molecule has 0 aromatic rings. The largest absolute Gasteiger partial charge is 0.478 e.